The lowest BCUT2D eigenvalue weighted by molar-refractivity contribution is 0.114. The first-order valence-electron chi connectivity index (χ1n) is 26.2. The van der Waals surface area contributed by atoms with Gasteiger partial charge in [-0.1, -0.05) is 192 Å². The fourth-order valence-corrected chi connectivity index (χ4v) is 14.8. The molecule has 5 aliphatic carbocycles. The summed E-state index contributed by atoms with van der Waals surface area (Å²) in [6, 6.07) is 50.3. The summed E-state index contributed by atoms with van der Waals surface area (Å²) in [6.07, 6.45) is 29.0. The van der Waals surface area contributed by atoms with Crippen LogP contribution in [0.4, 0.5) is 5.69 Å². The van der Waals surface area contributed by atoms with E-state index in [9.17, 15) is 0 Å². The smallest absolute Gasteiger partial charge is 0.126 e. The van der Waals surface area contributed by atoms with E-state index in [2.05, 4.69) is 132 Å². The SMILES string of the molecule is c1ccc(-c2cc(C3CC(C4CCCCC4)CCC3N(c3ccccc3-c3ccccc3)C3CCCC4c5ccccc5OC43)cc(C(C3CCCCC3)C3CCCCC3)c2)cc1. The molecule has 5 aromatic rings. The van der Waals surface area contributed by atoms with Crippen LogP contribution in [-0.2, 0) is 0 Å². The zero-order valence-corrected chi connectivity index (χ0v) is 38.1. The molecule has 5 saturated carbocycles. The number of hydrogen-bond donors (Lipinski definition) is 0. The molecule has 0 amide bonds. The molecule has 1 aliphatic heterocycles. The van der Waals surface area contributed by atoms with Gasteiger partial charge in [-0.3, -0.25) is 0 Å². The van der Waals surface area contributed by atoms with Crippen molar-refractivity contribution < 1.29 is 4.74 Å². The van der Waals surface area contributed by atoms with Crippen molar-refractivity contribution in [3.63, 3.8) is 0 Å². The molecule has 2 nitrogen and oxygen atoms in total. The number of rotatable bonds is 10. The molecular weight excluding hydrogens is 763 g/mol. The van der Waals surface area contributed by atoms with Crippen LogP contribution >= 0.6 is 0 Å². The maximum atomic E-state index is 7.24. The van der Waals surface area contributed by atoms with E-state index in [0.717, 1.165) is 29.4 Å². The minimum atomic E-state index is 0.157. The average Bonchev–Trinajstić information content (AvgIpc) is 3.75. The maximum Gasteiger partial charge on any atom is 0.126 e. The lowest BCUT2D eigenvalue weighted by Crippen LogP contribution is -2.56. The zero-order valence-electron chi connectivity index (χ0n) is 38.1. The van der Waals surface area contributed by atoms with Crippen LogP contribution in [-0.4, -0.2) is 18.2 Å². The van der Waals surface area contributed by atoms with Crippen LogP contribution in [0, 0.1) is 23.7 Å². The van der Waals surface area contributed by atoms with E-state index in [-0.39, 0.29) is 6.10 Å². The quantitative estimate of drug-likeness (QED) is 0.139. The number of benzene rings is 5. The van der Waals surface area contributed by atoms with Crippen LogP contribution in [0.1, 0.15) is 169 Å². The molecule has 6 aliphatic rings. The Kier molecular flexibility index (Phi) is 12.5. The van der Waals surface area contributed by atoms with Gasteiger partial charge in [-0.05, 0) is 127 Å². The summed E-state index contributed by atoms with van der Waals surface area (Å²) in [7, 11) is 0. The summed E-state index contributed by atoms with van der Waals surface area (Å²) in [5, 5.41) is 0. The number of fused-ring (bicyclic) bond motifs is 3. The summed E-state index contributed by atoms with van der Waals surface area (Å²) in [5.74, 6) is 5.98. The van der Waals surface area contributed by atoms with Crippen LogP contribution in [0.25, 0.3) is 22.3 Å². The molecule has 1 heterocycles. The van der Waals surface area contributed by atoms with Gasteiger partial charge >= 0.3 is 0 Å². The Balaban J connectivity index is 1.09. The molecule has 0 saturated heterocycles. The molecule has 11 rings (SSSR count). The summed E-state index contributed by atoms with van der Waals surface area (Å²) in [5.41, 5.74) is 11.7. The first-order chi connectivity index (χ1) is 31.3. The van der Waals surface area contributed by atoms with Gasteiger partial charge in [0, 0.05) is 34.7 Å². The van der Waals surface area contributed by atoms with Crippen LogP contribution in [0.5, 0.6) is 5.75 Å². The lowest BCUT2D eigenvalue weighted by Gasteiger charge is -2.52. The summed E-state index contributed by atoms with van der Waals surface area (Å²) in [6.45, 7) is 0. The van der Waals surface area contributed by atoms with E-state index in [1.807, 2.05) is 0 Å². The van der Waals surface area contributed by atoms with Crippen molar-refractivity contribution in [3.05, 3.63) is 144 Å². The van der Waals surface area contributed by atoms with Gasteiger partial charge in [-0.15, -0.1) is 0 Å². The average molecular weight is 836 g/mol. The molecule has 0 radical (unpaired) electrons. The van der Waals surface area contributed by atoms with E-state index in [0.29, 0.717) is 29.8 Å². The van der Waals surface area contributed by atoms with E-state index < -0.39 is 0 Å². The third kappa shape index (κ3) is 8.55. The highest BCUT2D eigenvalue weighted by Crippen LogP contribution is 2.54. The third-order valence-corrected chi connectivity index (χ3v) is 17.7. The summed E-state index contributed by atoms with van der Waals surface area (Å²) < 4.78 is 7.24. The van der Waals surface area contributed by atoms with E-state index in [4.69, 9.17) is 4.74 Å². The maximum absolute atomic E-state index is 7.24. The molecule has 5 aromatic carbocycles. The number of hydrogen-bond acceptors (Lipinski definition) is 2. The van der Waals surface area contributed by atoms with Crippen molar-refractivity contribution in [2.24, 2.45) is 23.7 Å². The number of ether oxygens (including phenoxy) is 1. The number of nitrogens with zero attached hydrogens (tertiary/aromatic N) is 1. The van der Waals surface area contributed by atoms with E-state index in [1.165, 1.54) is 168 Å². The molecule has 0 N–H and O–H groups in total. The van der Waals surface area contributed by atoms with Gasteiger partial charge in [0.15, 0.2) is 0 Å². The molecule has 63 heavy (non-hydrogen) atoms. The zero-order chi connectivity index (χ0) is 42.0. The fourth-order valence-electron chi connectivity index (χ4n) is 14.8. The van der Waals surface area contributed by atoms with E-state index >= 15 is 0 Å². The standard InChI is InChI=1S/C61H73NO/c1-6-21-43(22-7-1)48-37-38-57(62(56-34-18-16-31-52(56)45-25-10-3-11-26-45)58-35-20-33-54-53-32-17-19-36-59(53)63-61(54)58)55(42-48)50-39-49(44-23-8-2-9-24-44)40-51(41-50)60(46-27-12-4-13-28-46)47-29-14-5-15-30-47/h2-3,8-11,16-19,23-26,31-32,34,36,39-41,43,46-48,54-55,57-58,60-61H,1,4-7,12-15,20-22,27-30,33,35,37-38,42H2. The largest absolute Gasteiger partial charge is 0.487 e. The minimum Gasteiger partial charge on any atom is -0.487 e. The minimum absolute atomic E-state index is 0.157. The Morgan fingerprint density at radius 3 is 1.81 bits per heavy atom. The van der Waals surface area contributed by atoms with E-state index in [1.54, 1.807) is 11.1 Å². The number of anilines is 1. The van der Waals surface area contributed by atoms with Crippen molar-refractivity contribution in [2.75, 3.05) is 4.90 Å². The fraction of sp³-hybridized carbons (Fsp3) is 0.508. The Morgan fingerprint density at radius 1 is 0.444 bits per heavy atom. The third-order valence-electron chi connectivity index (χ3n) is 17.7. The Bertz CT molecular complexity index is 2230. The van der Waals surface area contributed by atoms with Crippen molar-refractivity contribution in [1.29, 1.82) is 0 Å². The first kappa shape index (κ1) is 41.4. The Hall–Kier alpha value is -4.30. The van der Waals surface area contributed by atoms with Crippen LogP contribution in [0.2, 0.25) is 0 Å². The highest BCUT2D eigenvalue weighted by atomic mass is 16.5. The molecule has 5 fully saturated rings. The molecule has 328 valence electrons. The van der Waals surface area contributed by atoms with Gasteiger partial charge in [-0.2, -0.15) is 0 Å². The molecule has 0 bridgehead atoms. The van der Waals surface area contributed by atoms with Gasteiger partial charge in [0.05, 0.1) is 6.04 Å². The normalized spacial score (nSPS) is 27.1. The molecule has 2 heteroatoms. The van der Waals surface area contributed by atoms with Crippen molar-refractivity contribution >= 4 is 5.69 Å². The van der Waals surface area contributed by atoms with Gasteiger partial charge < -0.3 is 9.64 Å². The van der Waals surface area contributed by atoms with Crippen LogP contribution in [0.15, 0.2) is 127 Å². The van der Waals surface area contributed by atoms with Crippen LogP contribution in [0.3, 0.4) is 0 Å². The molecule has 6 atom stereocenters. The predicted octanol–water partition coefficient (Wildman–Crippen LogP) is 16.7. The lowest BCUT2D eigenvalue weighted by atomic mass is 9.64. The molecule has 0 spiro atoms. The molecular formula is C61H73NO. The van der Waals surface area contributed by atoms with Crippen molar-refractivity contribution in [1.82, 2.24) is 0 Å². The second-order valence-electron chi connectivity index (χ2n) is 21.2. The molecule has 0 aromatic heterocycles. The monoisotopic (exact) mass is 836 g/mol. The second-order valence-corrected chi connectivity index (χ2v) is 21.2. The second kappa shape index (κ2) is 19.0. The van der Waals surface area contributed by atoms with Gasteiger partial charge in [0.25, 0.3) is 0 Å². The number of para-hydroxylation sites is 2. The van der Waals surface area contributed by atoms with Crippen molar-refractivity contribution in [2.45, 2.75) is 171 Å². The highest BCUT2D eigenvalue weighted by molar-refractivity contribution is 5.79. The van der Waals surface area contributed by atoms with Gasteiger partial charge in [0.2, 0.25) is 0 Å². The van der Waals surface area contributed by atoms with Gasteiger partial charge in [0.1, 0.15) is 11.9 Å². The van der Waals surface area contributed by atoms with Crippen LogP contribution < -0.4 is 9.64 Å². The van der Waals surface area contributed by atoms with Gasteiger partial charge in [-0.25, -0.2) is 0 Å². The van der Waals surface area contributed by atoms with Crippen molar-refractivity contribution in [3.8, 4) is 28.0 Å². The topological polar surface area (TPSA) is 12.5 Å². The Labute approximate surface area is 380 Å². The highest BCUT2D eigenvalue weighted by Gasteiger charge is 2.49. The predicted molar refractivity (Wildman–Crippen MR) is 264 cm³/mol. The molecule has 6 unspecified atom stereocenters. The first-order valence-corrected chi connectivity index (χ1v) is 26.2. The Morgan fingerprint density at radius 2 is 1.08 bits per heavy atom. The summed E-state index contributed by atoms with van der Waals surface area (Å²) in [4.78, 5) is 3.04. The summed E-state index contributed by atoms with van der Waals surface area (Å²) >= 11 is 0.